The second kappa shape index (κ2) is 4.59. The average molecular weight is 287 g/mol. The molecular weight excluding hydrogens is 262 g/mol. The first-order chi connectivity index (χ1) is 10.1. The van der Waals surface area contributed by atoms with Crippen molar-refractivity contribution in [2.45, 2.75) is 45.1 Å². The number of nitrogens with zero attached hydrogens (tertiary/aromatic N) is 3. The third-order valence-corrected chi connectivity index (χ3v) is 6.16. The molecule has 4 aliphatic carbocycles. The molecule has 1 aromatic heterocycles. The summed E-state index contributed by atoms with van der Waals surface area (Å²) in [4.78, 5) is 15.1. The first-order valence-corrected chi connectivity index (χ1v) is 8.28. The van der Waals surface area contributed by atoms with Crippen LogP contribution in [0.5, 0.6) is 0 Å². The number of carbonyl (C=O) groups excluding carboxylic acids is 1. The van der Waals surface area contributed by atoms with E-state index >= 15 is 0 Å². The van der Waals surface area contributed by atoms with Crippen molar-refractivity contribution in [3.05, 3.63) is 18.0 Å². The van der Waals surface area contributed by atoms with Gasteiger partial charge < -0.3 is 4.90 Å². The maximum absolute atomic E-state index is 13.1. The Labute approximate surface area is 126 Å². The Kier molecular flexibility index (Phi) is 2.92. The summed E-state index contributed by atoms with van der Waals surface area (Å²) in [6.45, 7) is 0.678. The Morgan fingerprint density at radius 2 is 1.86 bits per heavy atom. The van der Waals surface area contributed by atoms with Crippen LogP contribution in [-0.2, 0) is 18.4 Å². The molecule has 4 fully saturated rings. The Hall–Kier alpha value is -1.32. The highest BCUT2D eigenvalue weighted by molar-refractivity contribution is 5.83. The van der Waals surface area contributed by atoms with Gasteiger partial charge >= 0.3 is 0 Å². The number of rotatable bonds is 3. The van der Waals surface area contributed by atoms with Gasteiger partial charge in [-0.2, -0.15) is 5.10 Å². The molecule has 1 aromatic rings. The van der Waals surface area contributed by atoms with Crippen LogP contribution in [-0.4, -0.2) is 27.6 Å². The molecular formula is C17H25N3O. The van der Waals surface area contributed by atoms with Gasteiger partial charge in [-0.05, 0) is 62.3 Å². The zero-order valence-corrected chi connectivity index (χ0v) is 13.1. The standard InChI is InChI=1S/C17H25N3O/c1-19(11-15-3-4-18-20(15)2)16(21)17-8-12-5-13(9-17)7-14(6-12)10-17/h3-4,12-14H,5-11H2,1-2H3. The molecule has 1 heterocycles. The normalized spacial score (nSPS) is 37.0. The molecule has 4 heteroatoms. The molecule has 4 nitrogen and oxygen atoms in total. The van der Waals surface area contributed by atoms with E-state index in [9.17, 15) is 4.79 Å². The highest BCUT2D eigenvalue weighted by atomic mass is 16.2. The maximum atomic E-state index is 13.1. The van der Waals surface area contributed by atoms with E-state index in [0.717, 1.165) is 42.7 Å². The lowest BCUT2D eigenvalue weighted by Crippen LogP contribution is -2.53. The third kappa shape index (κ3) is 2.11. The first kappa shape index (κ1) is 13.4. The van der Waals surface area contributed by atoms with Crippen LogP contribution in [0.2, 0.25) is 0 Å². The van der Waals surface area contributed by atoms with E-state index < -0.39 is 0 Å². The van der Waals surface area contributed by atoms with Crippen molar-refractivity contribution in [2.24, 2.45) is 30.2 Å². The number of aromatic nitrogens is 2. The molecule has 0 unspecified atom stereocenters. The van der Waals surface area contributed by atoms with Crippen LogP contribution in [0.3, 0.4) is 0 Å². The molecule has 1 amide bonds. The molecule has 0 aromatic carbocycles. The molecule has 0 saturated heterocycles. The van der Waals surface area contributed by atoms with Crippen molar-refractivity contribution in [2.75, 3.05) is 7.05 Å². The van der Waals surface area contributed by atoms with E-state index in [0.29, 0.717) is 12.5 Å². The van der Waals surface area contributed by atoms with Crippen molar-refractivity contribution >= 4 is 5.91 Å². The summed E-state index contributed by atoms with van der Waals surface area (Å²) < 4.78 is 1.86. The van der Waals surface area contributed by atoms with Gasteiger partial charge in [0, 0.05) is 20.3 Å². The molecule has 0 radical (unpaired) electrons. The number of carbonyl (C=O) groups is 1. The van der Waals surface area contributed by atoms with Crippen LogP contribution in [0.4, 0.5) is 0 Å². The van der Waals surface area contributed by atoms with Gasteiger partial charge in [-0.25, -0.2) is 0 Å². The lowest BCUT2D eigenvalue weighted by atomic mass is 9.49. The Bertz CT molecular complexity index is 527. The largest absolute Gasteiger partial charge is 0.339 e. The zero-order chi connectivity index (χ0) is 14.6. The van der Waals surface area contributed by atoms with Crippen LogP contribution >= 0.6 is 0 Å². The molecule has 0 N–H and O–H groups in total. The molecule has 0 atom stereocenters. The van der Waals surface area contributed by atoms with Crippen molar-refractivity contribution < 1.29 is 4.79 Å². The molecule has 5 rings (SSSR count). The lowest BCUT2D eigenvalue weighted by molar-refractivity contribution is -0.156. The van der Waals surface area contributed by atoms with Crippen molar-refractivity contribution in [3.8, 4) is 0 Å². The van der Waals surface area contributed by atoms with Gasteiger partial charge in [0.1, 0.15) is 0 Å². The molecule has 114 valence electrons. The fourth-order valence-electron chi connectivity index (χ4n) is 5.65. The number of hydrogen-bond acceptors (Lipinski definition) is 2. The Morgan fingerprint density at radius 3 is 2.33 bits per heavy atom. The highest BCUT2D eigenvalue weighted by Crippen LogP contribution is 2.60. The van der Waals surface area contributed by atoms with Crippen LogP contribution in [0.25, 0.3) is 0 Å². The van der Waals surface area contributed by atoms with Gasteiger partial charge in [-0.15, -0.1) is 0 Å². The fourth-order valence-corrected chi connectivity index (χ4v) is 5.65. The summed E-state index contributed by atoms with van der Waals surface area (Å²) in [7, 11) is 3.91. The van der Waals surface area contributed by atoms with Crippen LogP contribution in [0.1, 0.15) is 44.2 Å². The van der Waals surface area contributed by atoms with E-state index in [-0.39, 0.29) is 5.41 Å². The quantitative estimate of drug-likeness (QED) is 0.857. The Balaban J connectivity index is 1.53. The van der Waals surface area contributed by atoms with Crippen molar-refractivity contribution in [3.63, 3.8) is 0 Å². The summed E-state index contributed by atoms with van der Waals surface area (Å²) in [5.74, 6) is 2.86. The molecule has 0 spiro atoms. The van der Waals surface area contributed by atoms with E-state index in [1.54, 1.807) is 6.20 Å². The van der Waals surface area contributed by atoms with E-state index in [1.807, 2.05) is 29.7 Å². The predicted molar refractivity (Wildman–Crippen MR) is 80.3 cm³/mol. The van der Waals surface area contributed by atoms with Gasteiger partial charge in [0.05, 0.1) is 17.7 Å². The van der Waals surface area contributed by atoms with E-state index in [1.165, 1.54) is 19.3 Å². The van der Waals surface area contributed by atoms with Gasteiger partial charge in [0.15, 0.2) is 0 Å². The number of hydrogen-bond donors (Lipinski definition) is 0. The monoisotopic (exact) mass is 287 g/mol. The smallest absolute Gasteiger partial charge is 0.228 e. The Morgan fingerprint density at radius 1 is 1.29 bits per heavy atom. The molecule has 21 heavy (non-hydrogen) atoms. The zero-order valence-electron chi connectivity index (χ0n) is 13.1. The maximum Gasteiger partial charge on any atom is 0.228 e. The summed E-state index contributed by atoms with van der Waals surface area (Å²) in [6.07, 6.45) is 9.40. The average Bonchev–Trinajstić information content (AvgIpc) is 2.82. The highest BCUT2D eigenvalue weighted by Gasteiger charge is 2.55. The minimum Gasteiger partial charge on any atom is -0.339 e. The summed E-state index contributed by atoms with van der Waals surface area (Å²) in [5.41, 5.74) is 1.08. The lowest BCUT2D eigenvalue weighted by Gasteiger charge is -2.56. The SMILES string of the molecule is CN(Cc1ccnn1C)C(=O)C12CC3CC(CC(C3)C1)C2. The van der Waals surface area contributed by atoms with Gasteiger partial charge in [-0.3, -0.25) is 9.48 Å². The predicted octanol–water partition coefficient (Wildman–Crippen LogP) is 2.59. The van der Waals surface area contributed by atoms with Crippen LogP contribution < -0.4 is 0 Å². The second-order valence-corrected chi connectivity index (χ2v) is 7.81. The van der Waals surface area contributed by atoms with E-state index in [4.69, 9.17) is 0 Å². The van der Waals surface area contributed by atoms with Crippen LogP contribution in [0, 0.1) is 23.2 Å². The summed E-state index contributed by atoms with van der Waals surface area (Å²) in [6, 6.07) is 2.00. The summed E-state index contributed by atoms with van der Waals surface area (Å²) in [5, 5.41) is 4.20. The minimum atomic E-state index is -0.0257. The number of aryl methyl sites for hydroxylation is 1. The van der Waals surface area contributed by atoms with Crippen molar-refractivity contribution in [1.29, 1.82) is 0 Å². The third-order valence-electron chi connectivity index (χ3n) is 6.16. The summed E-state index contributed by atoms with van der Waals surface area (Å²) >= 11 is 0. The molecule has 4 aliphatic rings. The van der Waals surface area contributed by atoms with Gasteiger partial charge in [0.2, 0.25) is 5.91 Å². The fraction of sp³-hybridized carbons (Fsp3) is 0.765. The van der Waals surface area contributed by atoms with Crippen molar-refractivity contribution in [1.82, 2.24) is 14.7 Å². The molecule has 4 saturated carbocycles. The first-order valence-electron chi connectivity index (χ1n) is 8.28. The molecule has 4 bridgehead atoms. The minimum absolute atomic E-state index is 0.0257. The number of amides is 1. The van der Waals surface area contributed by atoms with Gasteiger partial charge in [-0.1, -0.05) is 0 Å². The van der Waals surface area contributed by atoms with Crippen LogP contribution in [0.15, 0.2) is 12.3 Å². The molecule has 0 aliphatic heterocycles. The topological polar surface area (TPSA) is 38.1 Å². The van der Waals surface area contributed by atoms with Gasteiger partial charge in [0.25, 0.3) is 0 Å². The van der Waals surface area contributed by atoms with E-state index in [2.05, 4.69) is 5.10 Å². The second-order valence-electron chi connectivity index (χ2n) is 7.81.